The van der Waals surface area contributed by atoms with Crippen LogP contribution in [0.15, 0.2) is 24.3 Å². The molecule has 4 heteroatoms. The van der Waals surface area contributed by atoms with E-state index in [1.165, 1.54) is 6.07 Å². The fraction of sp³-hybridized carbons (Fsp3) is 0.625. The van der Waals surface area contributed by atoms with Crippen molar-refractivity contribution in [2.45, 2.75) is 26.3 Å². The number of rotatable bonds is 10. The van der Waals surface area contributed by atoms with Crippen LogP contribution in [0.5, 0.6) is 0 Å². The molecule has 0 aliphatic heterocycles. The molecular weight excluding hydrogens is 255 g/mol. The molecule has 0 radical (unpaired) electrons. The maximum atomic E-state index is 13.7. The number of nitrogens with zero attached hydrogens (tertiary/aromatic N) is 1. The lowest BCUT2D eigenvalue weighted by Crippen LogP contribution is -2.32. The Kier molecular flexibility index (Phi) is 8.42. The van der Waals surface area contributed by atoms with Crippen molar-refractivity contribution >= 4 is 0 Å². The third kappa shape index (κ3) is 5.99. The molecule has 0 aliphatic carbocycles. The predicted octanol–water partition coefficient (Wildman–Crippen LogP) is 2.83. The van der Waals surface area contributed by atoms with E-state index in [2.05, 4.69) is 10.2 Å². The molecule has 0 fully saturated rings. The lowest BCUT2D eigenvalue weighted by molar-refractivity contribution is 0.144. The molecule has 1 atom stereocenters. The largest absolute Gasteiger partial charge is 0.382 e. The standard InChI is InChI=1S/C16H27FN2O/c1-4-20-13-7-10-18-11-12-19(3)14(2)15-8-5-6-9-16(15)17/h5-6,8-9,14,18H,4,7,10-13H2,1-3H3. The fourth-order valence-electron chi connectivity index (χ4n) is 2.07. The first-order valence-electron chi connectivity index (χ1n) is 7.40. The molecule has 20 heavy (non-hydrogen) atoms. The van der Waals surface area contributed by atoms with Gasteiger partial charge in [0.2, 0.25) is 0 Å². The lowest BCUT2D eigenvalue weighted by atomic mass is 10.1. The van der Waals surface area contributed by atoms with Gasteiger partial charge in [-0.25, -0.2) is 4.39 Å². The van der Waals surface area contributed by atoms with E-state index in [4.69, 9.17) is 4.74 Å². The normalized spacial score (nSPS) is 12.8. The second-order valence-corrected chi connectivity index (χ2v) is 4.98. The lowest BCUT2D eigenvalue weighted by Gasteiger charge is -2.25. The van der Waals surface area contributed by atoms with E-state index in [0.29, 0.717) is 0 Å². The van der Waals surface area contributed by atoms with Crippen molar-refractivity contribution in [3.05, 3.63) is 35.6 Å². The SMILES string of the molecule is CCOCCCNCCN(C)C(C)c1ccccc1F. The number of likely N-dealkylation sites (N-methyl/N-ethyl adjacent to an activating group) is 1. The quantitative estimate of drug-likeness (QED) is 0.668. The van der Waals surface area contributed by atoms with E-state index in [1.807, 2.05) is 33.0 Å². The average molecular weight is 282 g/mol. The first kappa shape index (κ1) is 17.1. The third-order valence-electron chi connectivity index (χ3n) is 3.50. The van der Waals surface area contributed by atoms with E-state index in [-0.39, 0.29) is 11.9 Å². The Hall–Kier alpha value is -0.970. The molecule has 0 saturated heterocycles. The van der Waals surface area contributed by atoms with Crippen LogP contribution < -0.4 is 5.32 Å². The molecule has 0 aliphatic rings. The topological polar surface area (TPSA) is 24.5 Å². The van der Waals surface area contributed by atoms with Crippen molar-refractivity contribution in [1.82, 2.24) is 10.2 Å². The van der Waals surface area contributed by atoms with Gasteiger partial charge >= 0.3 is 0 Å². The average Bonchev–Trinajstić information content (AvgIpc) is 2.46. The summed E-state index contributed by atoms with van der Waals surface area (Å²) in [4.78, 5) is 2.16. The fourth-order valence-corrected chi connectivity index (χ4v) is 2.07. The summed E-state index contributed by atoms with van der Waals surface area (Å²) in [5.74, 6) is -0.128. The van der Waals surface area contributed by atoms with Crippen molar-refractivity contribution in [1.29, 1.82) is 0 Å². The summed E-state index contributed by atoms with van der Waals surface area (Å²) in [5.41, 5.74) is 0.756. The molecular formula is C16H27FN2O. The van der Waals surface area contributed by atoms with Gasteiger partial charge < -0.3 is 10.1 Å². The van der Waals surface area contributed by atoms with Crippen molar-refractivity contribution in [3.8, 4) is 0 Å². The summed E-state index contributed by atoms with van der Waals surface area (Å²) in [5, 5.41) is 3.38. The number of nitrogens with one attached hydrogen (secondary N) is 1. The zero-order valence-electron chi connectivity index (χ0n) is 12.9. The van der Waals surface area contributed by atoms with Gasteiger partial charge in [-0.05, 0) is 39.9 Å². The minimum atomic E-state index is -0.128. The van der Waals surface area contributed by atoms with Crippen molar-refractivity contribution in [2.75, 3.05) is 39.9 Å². The van der Waals surface area contributed by atoms with Gasteiger partial charge in [-0.1, -0.05) is 18.2 Å². The Balaban J connectivity index is 2.22. The number of ether oxygens (including phenoxy) is 1. The number of halogens is 1. The molecule has 3 nitrogen and oxygen atoms in total. The molecule has 0 spiro atoms. The van der Waals surface area contributed by atoms with Crippen molar-refractivity contribution in [2.24, 2.45) is 0 Å². The maximum Gasteiger partial charge on any atom is 0.127 e. The summed E-state index contributed by atoms with van der Waals surface area (Å²) in [6.07, 6.45) is 1.03. The van der Waals surface area contributed by atoms with Gasteiger partial charge in [0.25, 0.3) is 0 Å². The minimum Gasteiger partial charge on any atom is -0.382 e. The molecule has 1 N–H and O–H groups in total. The molecule has 1 aromatic rings. The van der Waals surface area contributed by atoms with Gasteiger partial charge in [-0.3, -0.25) is 4.90 Å². The van der Waals surface area contributed by atoms with Gasteiger partial charge in [-0.15, -0.1) is 0 Å². The van der Waals surface area contributed by atoms with E-state index in [1.54, 1.807) is 6.07 Å². The molecule has 1 unspecified atom stereocenters. The Bertz CT molecular complexity index is 373. The molecule has 1 aromatic carbocycles. The molecule has 0 aromatic heterocycles. The van der Waals surface area contributed by atoms with Crippen LogP contribution in [0.1, 0.15) is 31.9 Å². The van der Waals surface area contributed by atoms with Gasteiger partial charge in [0, 0.05) is 37.9 Å². The highest BCUT2D eigenvalue weighted by Gasteiger charge is 2.14. The smallest absolute Gasteiger partial charge is 0.127 e. The highest BCUT2D eigenvalue weighted by molar-refractivity contribution is 5.20. The van der Waals surface area contributed by atoms with Crippen LogP contribution in [0.2, 0.25) is 0 Å². The Labute approximate surface area is 122 Å². The van der Waals surface area contributed by atoms with Crippen LogP contribution in [0.25, 0.3) is 0 Å². The van der Waals surface area contributed by atoms with E-state index < -0.39 is 0 Å². The second kappa shape index (κ2) is 9.86. The van der Waals surface area contributed by atoms with Gasteiger partial charge in [0.05, 0.1) is 0 Å². The second-order valence-electron chi connectivity index (χ2n) is 4.98. The Morgan fingerprint density at radius 2 is 2.05 bits per heavy atom. The van der Waals surface area contributed by atoms with Crippen molar-refractivity contribution in [3.63, 3.8) is 0 Å². The molecule has 1 rings (SSSR count). The van der Waals surface area contributed by atoms with E-state index >= 15 is 0 Å². The minimum absolute atomic E-state index is 0.0847. The Morgan fingerprint density at radius 1 is 1.30 bits per heavy atom. The Morgan fingerprint density at radius 3 is 2.75 bits per heavy atom. The number of hydrogen-bond donors (Lipinski definition) is 1. The summed E-state index contributed by atoms with van der Waals surface area (Å²) >= 11 is 0. The van der Waals surface area contributed by atoms with Crippen LogP contribution in [-0.2, 0) is 4.74 Å². The molecule has 0 saturated carbocycles. The van der Waals surface area contributed by atoms with Crippen LogP contribution in [0.3, 0.4) is 0 Å². The van der Waals surface area contributed by atoms with Crippen LogP contribution in [0.4, 0.5) is 4.39 Å². The highest BCUT2D eigenvalue weighted by atomic mass is 19.1. The van der Waals surface area contributed by atoms with Crippen LogP contribution in [-0.4, -0.2) is 44.8 Å². The first-order chi connectivity index (χ1) is 9.66. The van der Waals surface area contributed by atoms with Gasteiger partial charge in [0.1, 0.15) is 5.82 Å². The number of benzene rings is 1. The highest BCUT2D eigenvalue weighted by Crippen LogP contribution is 2.20. The molecule has 114 valence electrons. The summed E-state index contributed by atoms with van der Waals surface area (Å²) in [7, 11) is 2.03. The maximum absolute atomic E-state index is 13.7. The van der Waals surface area contributed by atoms with Crippen LogP contribution >= 0.6 is 0 Å². The van der Waals surface area contributed by atoms with E-state index in [0.717, 1.165) is 44.8 Å². The van der Waals surface area contributed by atoms with Crippen molar-refractivity contribution < 1.29 is 9.13 Å². The molecule has 0 heterocycles. The molecule has 0 amide bonds. The zero-order chi connectivity index (χ0) is 14.8. The monoisotopic (exact) mass is 282 g/mol. The van der Waals surface area contributed by atoms with Gasteiger partial charge in [-0.2, -0.15) is 0 Å². The van der Waals surface area contributed by atoms with Crippen LogP contribution in [0, 0.1) is 5.82 Å². The third-order valence-corrected chi connectivity index (χ3v) is 3.50. The van der Waals surface area contributed by atoms with E-state index in [9.17, 15) is 4.39 Å². The molecule has 0 bridgehead atoms. The summed E-state index contributed by atoms with van der Waals surface area (Å²) in [6.45, 7) is 8.39. The summed E-state index contributed by atoms with van der Waals surface area (Å²) < 4.78 is 19.0. The first-order valence-corrected chi connectivity index (χ1v) is 7.40. The summed E-state index contributed by atoms with van der Waals surface area (Å²) in [6, 6.07) is 7.07. The number of hydrogen-bond acceptors (Lipinski definition) is 3. The predicted molar refractivity (Wildman–Crippen MR) is 81.4 cm³/mol. The zero-order valence-corrected chi connectivity index (χ0v) is 12.9. The van der Waals surface area contributed by atoms with Gasteiger partial charge in [0.15, 0.2) is 0 Å².